The van der Waals surface area contributed by atoms with Gasteiger partial charge in [0.2, 0.25) is 0 Å². The Morgan fingerprint density at radius 2 is 1.58 bits per heavy atom. The molecule has 0 radical (unpaired) electrons. The fraction of sp³-hybridized carbons (Fsp3) is 0.200. The lowest BCUT2D eigenvalue weighted by atomic mass is 9.84. The third-order valence-electron chi connectivity index (χ3n) is 4.06. The molecule has 4 N–H and O–H groups in total. The smallest absolute Gasteiger partial charge is 0.162 e. The molecule has 0 aliphatic heterocycles. The third kappa shape index (κ3) is 3.08. The minimum Gasteiger partial charge on any atom is -0.394 e. The second-order valence-corrected chi connectivity index (χ2v) is 6.91. The lowest BCUT2D eigenvalue weighted by Crippen LogP contribution is -2.11. The number of nitrogens with zero attached hydrogens (tertiary/aromatic N) is 2. The summed E-state index contributed by atoms with van der Waals surface area (Å²) in [7, 11) is 0. The van der Waals surface area contributed by atoms with Crippen molar-refractivity contribution in [3.63, 3.8) is 0 Å². The Kier molecular flexibility index (Phi) is 3.97. The average molecular weight is 318 g/mol. The molecule has 0 saturated heterocycles. The average Bonchev–Trinajstić information content (AvgIpc) is 2.57. The fourth-order valence-electron chi connectivity index (χ4n) is 2.60. The first kappa shape index (κ1) is 16.0. The van der Waals surface area contributed by atoms with Gasteiger partial charge in [-0.05, 0) is 28.2 Å². The second-order valence-electron chi connectivity index (χ2n) is 6.91. The van der Waals surface area contributed by atoms with Gasteiger partial charge in [0.1, 0.15) is 0 Å². The van der Waals surface area contributed by atoms with Gasteiger partial charge in [0.05, 0.1) is 11.9 Å². The summed E-state index contributed by atoms with van der Waals surface area (Å²) in [6, 6.07) is 16.6. The molecule has 0 spiro atoms. The quantitative estimate of drug-likeness (QED) is 0.739. The lowest BCUT2D eigenvalue weighted by Gasteiger charge is -2.21. The van der Waals surface area contributed by atoms with E-state index in [0.29, 0.717) is 17.3 Å². The lowest BCUT2D eigenvalue weighted by molar-refractivity contribution is 0.590. The fourth-order valence-corrected chi connectivity index (χ4v) is 2.60. The molecule has 0 bridgehead atoms. The van der Waals surface area contributed by atoms with Crippen LogP contribution >= 0.6 is 0 Å². The van der Waals surface area contributed by atoms with Crippen molar-refractivity contribution in [3.8, 4) is 22.5 Å². The minimum absolute atomic E-state index is 0.0586. The highest BCUT2D eigenvalue weighted by molar-refractivity contribution is 5.82. The minimum atomic E-state index is 0.0586. The Labute approximate surface area is 142 Å². The Balaban J connectivity index is 2.23. The number of nitrogen functional groups attached to an aromatic ring is 2. The molecule has 0 amide bonds. The molecule has 0 saturated carbocycles. The Hall–Kier alpha value is -2.88. The van der Waals surface area contributed by atoms with E-state index in [1.807, 2.05) is 18.2 Å². The molecule has 3 rings (SSSR count). The third-order valence-corrected chi connectivity index (χ3v) is 4.06. The zero-order valence-electron chi connectivity index (χ0n) is 14.2. The van der Waals surface area contributed by atoms with E-state index in [1.54, 1.807) is 6.20 Å². The van der Waals surface area contributed by atoms with Crippen LogP contribution in [0, 0.1) is 0 Å². The van der Waals surface area contributed by atoms with Gasteiger partial charge in [0.25, 0.3) is 0 Å². The number of aromatic nitrogens is 2. The van der Waals surface area contributed by atoms with Crippen LogP contribution in [-0.2, 0) is 5.41 Å². The van der Waals surface area contributed by atoms with Crippen LogP contribution in [-0.4, -0.2) is 9.97 Å². The first-order chi connectivity index (χ1) is 11.4. The summed E-state index contributed by atoms with van der Waals surface area (Å²) >= 11 is 0. The van der Waals surface area contributed by atoms with E-state index in [2.05, 4.69) is 61.1 Å². The van der Waals surface area contributed by atoms with Crippen molar-refractivity contribution in [2.45, 2.75) is 26.2 Å². The maximum atomic E-state index is 5.87. The van der Waals surface area contributed by atoms with E-state index in [4.69, 9.17) is 11.5 Å². The maximum Gasteiger partial charge on any atom is 0.162 e. The monoisotopic (exact) mass is 318 g/mol. The predicted octanol–water partition coefficient (Wildman–Crippen LogP) is 4.27. The molecular formula is C20H22N4. The molecule has 24 heavy (non-hydrogen) atoms. The SMILES string of the molecule is CC(C)(C)c1ccc(-c2ncc(N)c(N)n2)c(-c2ccccc2)c1. The van der Waals surface area contributed by atoms with Crippen molar-refractivity contribution < 1.29 is 0 Å². The molecule has 0 fully saturated rings. The molecule has 0 atom stereocenters. The van der Waals surface area contributed by atoms with Crippen molar-refractivity contribution in [1.29, 1.82) is 0 Å². The first-order valence-electron chi connectivity index (χ1n) is 7.94. The molecule has 2 aromatic carbocycles. The van der Waals surface area contributed by atoms with Crippen LogP contribution in [0.25, 0.3) is 22.5 Å². The number of hydrogen-bond acceptors (Lipinski definition) is 4. The van der Waals surface area contributed by atoms with Crippen molar-refractivity contribution in [2.75, 3.05) is 11.5 Å². The molecule has 0 aliphatic carbocycles. The van der Waals surface area contributed by atoms with Crippen LogP contribution < -0.4 is 11.5 Å². The van der Waals surface area contributed by atoms with Gasteiger partial charge in [-0.1, -0.05) is 63.2 Å². The number of hydrogen-bond donors (Lipinski definition) is 2. The van der Waals surface area contributed by atoms with Crippen LogP contribution in [0.3, 0.4) is 0 Å². The Morgan fingerprint density at radius 3 is 2.21 bits per heavy atom. The topological polar surface area (TPSA) is 77.8 Å². The van der Waals surface area contributed by atoms with Crippen LogP contribution in [0.2, 0.25) is 0 Å². The van der Waals surface area contributed by atoms with Crippen molar-refractivity contribution >= 4 is 11.5 Å². The highest BCUT2D eigenvalue weighted by atomic mass is 15.0. The van der Waals surface area contributed by atoms with Crippen LogP contribution in [0.15, 0.2) is 54.7 Å². The molecule has 122 valence electrons. The van der Waals surface area contributed by atoms with Crippen molar-refractivity contribution in [3.05, 3.63) is 60.3 Å². The molecule has 4 nitrogen and oxygen atoms in total. The molecule has 3 aromatic rings. The molecule has 4 heteroatoms. The highest BCUT2D eigenvalue weighted by Crippen LogP contribution is 2.35. The van der Waals surface area contributed by atoms with Crippen LogP contribution in [0.4, 0.5) is 11.5 Å². The number of rotatable bonds is 2. The highest BCUT2D eigenvalue weighted by Gasteiger charge is 2.18. The number of nitrogens with two attached hydrogens (primary N) is 2. The first-order valence-corrected chi connectivity index (χ1v) is 7.94. The maximum absolute atomic E-state index is 5.87. The van der Waals surface area contributed by atoms with Gasteiger partial charge in [0, 0.05) is 5.56 Å². The molecule has 1 heterocycles. The normalized spacial score (nSPS) is 11.5. The summed E-state index contributed by atoms with van der Waals surface area (Å²) < 4.78 is 0. The largest absolute Gasteiger partial charge is 0.394 e. The molecule has 1 aromatic heterocycles. The van der Waals surface area contributed by atoms with Gasteiger partial charge in [-0.25, -0.2) is 9.97 Å². The summed E-state index contributed by atoms with van der Waals surface area (Å²) in [6.45, 7) is 6.61. The summed E-state index contributed by atoms with van der Waals surface area (Å²) in [4.78, 5) is 8.73. The van der Waals surface area contributed by atoms with Gasteiger partial charge >= 0.3 is 0 Å². The van der Waals surface area contributed by atoms with E-state index in [9.17, 15) is 0 Å². The zero-order chi connectivity index (χ0) is 17.3. The van der Waals surface area contributed by atoms with Crippen LogP contribution in [0.1, 0.15) is 26.3 Å². The van der Waals surface area contributed by atoms with Crippen molar-refractivity contribution in [1.82, 2.24) is 9.97 Å². The van der Waals surface area contributed by atoms with Crippen LogP contribution in [0.5, 0.6) is 0 Å². The standard InChI is InChI=1S/C20H22N4/c1-20(2,3)14-9-10-15(19-23-12-17(21)18(22)24-19)16(11-14)13-7-5-4-6-8-13/h4-12H,21H2,1-3H3,(H2,22,23,24). The van der Waals surface area contributed by atoms with E-state index < -0.39 is 0 Å². The molecular weight excluding hydrogens is 296 g/mol. The number of benzene rings is 2. The van der Waals surface area contributed by atoms with Gasteiger partial charge in [-0.2, -0.15) is 0 Å². The summed E-state index contributed by atoms with van der Waals surface area (Å²) in [5.41, 5.74) is 16.5. The van der Waals surface area contributed by atoms with Gasteiger partial charge in [-0.15, -0.1) is 0 Å². The summed E-state index contributed by atoms with van der Waals surface area (Å²) in [6.07, 6.45) is 1.56. The van der Waals surface area contributed by atoms with Gasteiger partial charge in [0.15, 0.2) is 11.6 Å². The Bertz CT molecular complexity index is 865. The van der Waals surface area contributed by atoms with Gasteiger partial charge < -0.3 is 11.5 Å². The van der Waals surface area contributed by atoms with E-state index in [1.165, 1.54) is 5.56 Å². The zero-order valence-corrected chi connectivity index (χ0v) is 14.2. The molecule has 0 aliphatic rings. The van der Waals surface area contributed by atoms with Crippen molar-refractivity contribution in [2.24, 2.45) is 0 Å². The predicted molar refractivity (Wildman–Crippen MR) is 100 cm³/mol. The molecule has 0 unspecified atom stereocenters. The van der Waals surface area contributed by atoms with E-state index in [-0.39, 0.29) is 5.41 Å². The van der Waals surface area contributed by atoms with Gasteiger partial charge in [-0.3, -0.25) is 0 Å². The second kappa shape index (κ2) is 5.96. The summed E-state index contributed by atoms with van der Waals surface area (Å²) in [5.74, 6) is 0.889. The van der Waals surface area contributed by atoms with E-state index >= 15 is 0 Å². The Morgan fingerprint density at radius 1 is 0.875 bits per heavy atom. The number of anilines is 2. The summed E-state index contributed by atoms with van der Waals surface area (Å²) in [5, 5.41) is 0. The van der Waals surface area contributed by atoms with E-state index in [0.717, 1.165) is 16.7 Å².